The zero-order valence-corrected chi connectivity index (χ0v) is 11.8. The number of carbonyl (C=O) groups is 1. The molecule has 4 heteroatoms. The molecule has 0 aromatic heterocycles. The maximum atomic E-state index is 11.5. The van der Waals surface area contributed by atoms with Gasteiger partial charge >= 0.3 is 0 Å². The van der Waals surface area contributed by atoms with Crippen LogP contribution < -0.4 is 10.6 Å². The zero-order chi connectivity index (χ0) is 11.7. The average molecular weight is 251 g/mol. The van der Waals surface area contributed by atoms with Crippen LogP contribution in [0.3, 0.4) is 0 Å². The number of carbonyl (C=O) groups excluding carboxylic acids is 1. The standard InChI is InChI=1S/C12H26N2O.ClH/c1-5-11(6-2)8-12(15)14-9-10(4)13-7-3;/h10-11,13H,5-9H2,1-4H3,(H,14,15);1H/t10-;/m1./s1. The van der Waals surface area contributed by atoms with Gasteiger partial charge in [0, 0.05) is 19.0 Å². The van der Waals surface area contributed by atoms with Crippen LogP contribution in [-0.2, 0) is 4.79 Å². The minimum Gasteiger partial charge on any atom is -0.355 e. The molecule has 0 saturated carbocycles. The summed E-state index contributed by atoms with van der Waals surface area (Å²) < 4.78 is 0. The van der Waals surface area contributed by atoms with Crippen LogP contribution in [0.15, 0.2) is 0 Å². The Balaban J connectivity index is 0. The van der Waals surface area contributed by atoms with Gasteiger partial charge in [0.25, 0.3) is 0 Å². The molecule has 3 nitrogen and oxygen atoms in total. The summed E-state index contributed by atoms with van der Waals surface area (Å²) >= 11 is 0. The molecule has 0 heterocycles. The van der Waals surface area contributed by atoms with Gasteiger partial charge in [-0.2, -0.15) is 0 Å². The molecule has 0 rings (SSSR count). The van der Waals surface area contributed by atoms with Gasteiger partial charge in [0.05, 0.1) is 0 Å². The summed E-state index contributed by atoms with van der Waals surface area (Å²) in [5.41, 5.74) is 0. The van der Waals surface area contributed by atoms with Crippen LogP contribution in [0.25, 0.3) is 0 Å². The molecule has 0 aromatic carbocycles. The van der Waals surface area contributed by atoms with Gasteiger partial charge in [-0.15, -0.1) is 12.4 Å². The first-order valence-electron chi connectivity index (χ1n) is 6.14. The van der Waals surface area contributed by atoms with Crippen LogP contribution in [0.1, 0.15) is 47.0 Å². The number of rotatable bonds is 8. The maximum absolute atomic E-state index is 11.5. The highest BCUT2D eigenvalue weighted by atomic mass is 35.5. The second-order valence-electron chi connectivity index (χ2n) is 4.15. The van der Waals surface area contributed by atoms with Gasteiger partial charge in [0.15, 0.2) is 0 Å². The van der Waals surface area contributed by atoms with Crippen molar-refractivity contribution in [1.29, 1.82) is 0 Å². The van der Waals surface area contributed by atoms with E-state index in [1.165, 1.54) is 0 Å². The van der Waals surface area contributed by atoms with Gasteiger partial charge in [-0.05, 0) is 19.4 Å². The minimum atomic E-state index is 0. The number of amides is 1. The summed E-state index contributed by atoms with van der Waals surface area (Å²) in [5, 5.41) is 6.23. The van der Waals surface area contributed by atoms with E-state index in [1.54, 1.807) is 0 Å². The lowest BCUT2D eigenvalue weighted by Crippen LogP contribution is -2.39. The van der Waals surface area contributed by atoms with Crippen LogP contribution >= 0.6 is 12.4 Å². The molecular formula is C12H27ClN2O. The summed E-state index contributed by atoms with van der Waals surface area (Å²) in [7, 11) is 0. The van der Waals surface area contributed by atoms with Crippen molar-refractivity contribution in [3.63, 3.8) is 0 Å². The first kappa shape index (κ1) is 18.1. The Labute approximate surface area is 106 Å². The second kappa shape index (κ2) is 11.2. The predicted molar refractivity (Wildman–Crippen MR) is 72.1 cm³/mol. The van der Waals surface area contributed by atoms with Crippen LogP contribution in [0, 0.1) is 5.92 Å². The minimum absolute atomic E-state index is 0. The lowest BCUT2D eigenvalue weighted by molar-refractivity contribution is -0.122. The molecule has 0 aliphatic carbocycles. The van der Waals surface area contributed by atoms with Crippen molar-refractivity contribution in [1.82, 2.24) is 10.6 Å². The van der Waals surface area contributed by atoms with Gasteiger partial charge < -0.3 is 10.6 Å². The number of likely N-dealkylation sites (N-methyl/N-ethyl adjacent to an activating group) is 1. The van der Waals surface area contributed by atoms with Gasteiger partial charge in [0.1, 0.15) is 0 Å². The van der Waals surface area contributed by atoms with E-state index in [2.05, 4.69) is 38.3 Å². The van der Waals surface area contributed by atoms with Gasteiger partial charge in [-0.25, -0.2) is 0 Å². The Hall–Kier alpha value is -0.280. The predicted octanol–water partition coefficient (Wildman–Crippen LogP) is 2.35. The highest BCUT2D eigenvalue weighted by Crippen LogP contribution is 2.11. The summed E-state index contributed by atoms with van der Waals surface area (Å²) in [4.78, 5) is 11.5. The van der Waals surface area contributed by atoms with Crippen LogP contribution in [-0.4, -0.2) is 25.0 Å². The van der Waals surface area contributed by atoms with Crippen LogP contribution in [0.4, 0.5) is 0 Å². The fraction of sp³-hybridized carbons (Fsp3) is 0.917. The highest BCUT2D eigenvalue weighted by molar-refractivity contribution is 5.85. The Kier molecular flexibility index (Phi) is 12.7. The Morgan fingerprint density at radius 3 is 2.19 bits per heavy atom. The first-order chi connectivity index (χ1) is 7.13. The molecule has 2 N–H and O–H groups in total. The molecule has 0 saturated heterocycles. The third-order valence-corrected chi connectivity index (χ3v) is 2.79. The SMILES string of the molecule is CCN[C@H](C)CNC(=O)CC(CC)CC.Cl. The fourth-order valence-electron chi connectivity index (χ4n) is 1.60. The largest absolute Gasteiger partial charge is 0.355 e. The van der Waals surface area contributed by atoms with E-state index in [9.17, 15) is 4.79 Å². The average Bonchev–Trinajstić information content (AvgIpc) is 2.23. The van der Waals surface area contributed by atoms with Gasteiger partial charge in [-0.3, -0.25) is 4.79 Å². The van der Waals surface area contributed by atoms with E-state index in [0.29, 0.717) is 18.4 Å². The number of hydrogen-bond acceptors (Lipinski definition) is 2. The van der Waals surface area contributed by atoms with E-state index in [-0.39, 0.29) is 18.3 Å². The molecule has 98 valence electrons. The summed E-state index contributed by atoms with van der Waals surface area (Å²) in [6.45, 7) is 10.1. The topological polar surface area (TPSA) is 41.1 Å². The molecule has 0 aromatic rings. The fourth-order valence-corrected chi connectivity index (χ4v) is 1.60. The molecule has 0 radical (unpaired) electrons. The van der Waals surface area contributed by atoms with E-state index in [4.69, 9.17) is 0 Å². The molecule has 1 atom stereocenters. The highest BCUT2D eigenvalue weighted by Gasteiger charge is 2.10. The van der Waals surface area contributed by atoms with Gasteiger partial charge in [0.2, 0.25) is 5.91 Å². The van der Waals surface area contributed by atoms with Crippen molar-refractivity contribution in [3.05, 3.63) is 0 Å². The molecular weight excluding hydrogens is 224 g/mol. The third kappa shape index (κ3) is 8.98. The van der Waals surface area contributed by atoms with E-state index in [0.717, 1.165) is 25.9 Å². The monoisotopic (exact) mass is 250 g/mol. The lowest BCUT2D eigenvalue weighted by atomic mass is 9.99. The van der Waals surface area contributed by atoms with Crippen LogP contribution in [0.5, 0.6) is 0 Å². The molecule has 0 fully saturated rings. The van der Waals surface area contributed by atoms with E-state index < -0.39 is 0 Å². The Morgan fingerprint density at radius 1 is 1.19 bits per heavy atom. The van der Waals surface area contributed by atoms with E-state index >= 15 is 0 Å². The second-order valence-corrected chi connectivity index (χ2v) is 4.15. The summed E-state index contributed by atoms with van der Waals surface area (Å²) in [6, 6.07) is 0.362. The Morgan fingerprint density at radius 2 is 1.75 bits per heavy atom. The molecule has 0 aliphatic rings. The molecule has 0 spiro atoms. The lowest BCUT2D eigenvalue weighted by Gasteiger charge is -2.15. The number of halogens is 1. The maximum Gasteiger partial charge on any atom is 0.220 e. The third-order valence-electron chi connectivity index (χ3n) is 2.79. The molecule has 0 aliphatic heterocycles. The molecule has 0 bridgehead atoms. The molecule has 1 amide bonds. The summed E-state index contributed by atoms with van der Waals surface area (Å²) in [5.74, 6) is 0.730. The van der Waals surface area contributed by atoms with Crippen molar-refractivity contribution in [2.24, 2.45) is 5.92 Å². The van der Waals surface area contributed by atoms with Gasteiger partial charge in [-0.1, -0.05) is 33.6 Å². The van der Waals surface area contributed by atoms with Crippen molar-refractivity contribution < 1.29 is 4.79 Å². The molecule has 16 heavy (non-hydrogen) atoms. The number of hydrogen-bond donors (Lipinski definition) is 2. The smallest absolute Gasteiger partial charge is 0.220 e. The summed E-state index contributed by atoms with van der Waals surface area (Å²) in [6.07, 6.45) is 2.85. The van der Waals surface area contributed by atoms with Crippen LogP contribution in [0.2, 0.25) is 0 Å². The first-order valence-corrected chi connectivity index (χ1v) is 6.14. The van der Waals surface area contributed by atoms with E-state index in [1.807, 2.05) is 0 Å². The normalized spacial score (nSPS) is 12.1. The van der Waals surface area contributed by atoms with Crippen molar-refractivity contribution >= 4 is 18.3 Å². The number of nitrogens with one attached hydrogen (secondary N) is 2. The Bertz CT molecular complexity index is 172. The van der Waals surface area contributed by atoms with Crippen molar-refractivity contribution in [2.75, 3.05) is 13.1 Å². The molecule has 0 unspecified atom stereocenters. The quantitative estimate of drug-likeness (QED) is 0.694. The zero-order valence-electron chi connectivity index (χ0n) is 11.0. The van der Waals surface area contributed by atoms with Crippen molar-refractivity contribution in [3.8, 4) is 0 Å². The van der Waals surface area contributed by atoms with Crippen molar-refractivity contribution in [2.45, 2.75) is 53.0 Å².